The molecule has 0 heterocycles. The van der Waals surface area contributed by atoms with E-state index in [1.54, 1.807) is 19.1 Å². The molecule has 90 valence electrons. The Morgan fingerprint density at radius 3 is 2.80 bits per heavy atom. The molecule has 15 heavy (non-hydrogen) atoms. The Hall–Kier alpha value is -0.810. The molecule has 0 spiro atoms. The molecule has 0 saturated heterocycles. The molecule has 0 aromatic carbocycles. The fourth-order valence-electron chi connectivity index (χ4n) is 1.21. The molecule has 0 aromatic heterocycles. The summed E-state index contributed by atoms with van der Waals surface area (Å²) in [4.78, 5) is 13.1. The summed E-state index contributed by atoms with van der Waals surface area (Å²) in [6.45, 7) is 3.78. The van der Waals surface area contributed by atoms with Gasteiger partial charge in [-0.05, 0) is 6.42 Å². The number of carbonyl (C=O) groups excluding carboxylic acids is 1. The van der Waals surface area contributed by atoms with Gasteiger partial charge >= 0.3 is 6.03 Å². The number of methoxy groups -OCH3 is 1. The van der Waals surface area contributed by atoms with Crippen LogP contribution < -0.4 is 11.1 Å². The highest BCUT2D eigenvalue weighted by atomic mass is 16.5. The predicted octanol–water partition coefficient (Wildman–Crippen LogP) is 0.402. The van der Waals surface area contributed by atoms with Crippen LogP contribution in [0.2, 0.25) is 0 Å². The van der Waals surface area contributed by atoms with E-state index in [1.165, 1.54) is 0 Å². The summed E-state index contributed by atoms with van der Waals surface area (Å²) in [5.41, 5.74) is 5.73. The van der Waals surface area contributed by atoms with Gasteiger partial charge in [-0.3, -0.25) is 0 Å². The van der Waals surface area contributed by atoms with Crippen molar-refractivity contribution in [2.75, 3.05) is 33.9 Å². The molecular weight excluding hydrogens is 194 g/mol. The van der Waals surface area contributed by atoms with Crippen LogP contribution >= 0.6 is 0 Å². The second kappa shape index (κ2) is 8.49. The molecule has 0 aliphatic heterocycles. The van der Waals surface area contributed by atoms with E-state index in [0.717, 1.165) is 19.4 Å². The minimum absolute atomic E-state index is 0.0741. The molecule has 0 saturated carbocycles. The van der Waals surface area contributed by atoms with E-state index in [0.29, 0.717) is 13.2 Å². The van der Waals surface area contributed by atoms with E-state index in [-0.39, 0.29) is 12.1 Å². The van der Waals surface area contributed by atoms with E-state index in [1.807, 2.05) is 0 Å². The van der Waals surface area contributed by atoms with Gasteiger partial charge in [0.1, 0.15) is 0 Å². The second-order valence-corrected chi connectivity index (χ2v) is 3.68. The van der Waals surface area contributed by atoms with Gasteiger partial charge in [0.25, 0.3) is 0 Å². The Labute approximate surface area is 91.9 Å². The third-order valence-electron chi connectivity index (χ3n) is 2.04. The number of nitrogens with zero attached hydrogens (tertiary/aromatic N) is 1. The van der Waals surface area contributed by atoms with Gasteiger partial charge in [-0.15, -0.1) is 0 Å². The van der Waals surface area contributed by atoms with Gasteiger partial charge in [0.15, 0.2) is 0 Å². The quantitative estimate of drug-likeness (QED) is 0.607. The highest BCUT2D eigenvalue weighted by Crippen LogP contribution is 1.90. The van der Waals surface area contributed by atoms with Crippen molar-refractivity contribution < 1.29 is 9.53 Å². The SMILES string of the molecule is CCCCNC(=O)N(C)CC(N)COC. The molecule has 0 fully saturated rings. The zero-order chi connectivity index (χ0) is 11.7. The summed E-state index contributed by atoms with van der Waals surface area (Å²) in [6, 6.07) is -0.202. The number of likely N-dealkylation sites (N-methyl/N-ethyl adjacent to an activating group) is 1. The van der Waals surface area contributed by atoms with Crippen molar-refractivity contribution in [1.29, 1.82) is 0 Å². The van der Waals surface area contributed by atoms with Crippen LogP contribution in [0.3, 0.4) is 0 Å². The number of nitrogens with two attached hydrogens (primary N) is 1. The maximum absolute atomic E-state index is 11.5. The smallest absolute Gasteiger partial charge is 0.317 e. The first-order valence-corrected chi connectivity index (χ1v) is 5.35. The van der Waals surface area contributed by atoms with Crippen molar-refractivity contribution in [3.05, 3.63) is 0 Å². The van der Waals surface area contributed by atoms with E-state index in [4.69, 9.17) is 10.5 Å². The van der Waals surface area contributed by atoms with Crippen LogP contribution in [0.15, 0.2) is 0 Å². The number of rotatable bonds is 7. The Kier molecular flexibility index (Phi) is 8.04. The molecule has 3 N–H and O–H groups in total. The number of nitrogens with one attached hydrogen (secondary N) is 1. The van der Waals surface area contributed by atoms with Gasteiger partial charge in [0, 0.05) is 33.3 Å². The van der Waals surface area contributed by atoms with Gasteiger partial charge in [-0.1, -0.05) is 13.3 Å². The van der Waals surface area contributed by atoms with Crippen molar-refractivity contribution in [1.82, 2.24) is 10.2 Å². The highest BCUT2D eigenvalue weighted by Gasteiger charge is 2.11. The van der Waals surface area contributed by atoms with E-state index < -0.39 is 0 Å². The van der Waals surface area contributed by atoms with Crippen molar-refractivity contribution in [3.63, 3.8) is 0 Å². The highest BCUT2D eigenvalue weighted by molar-refractivity contribution is 5.73. The monoisotopic (exact) mass is 217 g/mol. The van der Waals surface area contributed by atoms with E-state index in [2.05, 4.69) is 12.2 Å². The van der Waals surface area contributed by atoms with Crippen molar-refractivity contribution in [2.45, 2.75) is 25.8 Å². The van der Waals surface area contributed by atoms with Crippen LogP contribution in [-0.2, 0) is 4.74 Å². The number of hydrogen-bond acceptors (Lipinski definition) is 3. The molecule has 0 aliphatic rings. The molecule has 5 nitrogen and oxygen atoms in total. The summed E-state index contributed by atoms with van der Waals surface area (Å²) in [7, 11) is 3.33. The van der Waals surface area contributed by atoms with E-state index in [9.17, 15) is 4.79 Å². The third kappa shape index (κ3) is 7.16. The number of amides is 2. The molecule has 0 bridgehead atoms. The molecular formula is C10H23N3O2. The van der Waals surface area contributed by atoms with Crippen LogP contribution in [0.1, 0.15) is 19.8 Å². The first kappa shape index (κ1) is 14.2. The lowest BCUT2D eigenvalue weighted by atomic mass is 10.3. The van der Waals surface area contributed by atoms with Crippen LogP contribution in [0.4, 0.5) is 4.79 Å². The first-order chi connectivity index (χ1) is 7.11. The lowest BCUT2D eigenvalue weighted by Crippen LogP contribution is -2.45. The van der Waals surface area contributed by atoms with Crippen LogP contribution in [0.25, 0.3) is 0 Å². The number of hydrogen-bond donors (Lipinski definition) is 2. The minimum Gasteiger partial charge on any atom is -0.383 e. The van der Waals surface area contributed by atoms with Crippen molar-refractivity contribution >= 4 is 6.03 Å². The van der Waals surface area contributed by atoms with Gasteiger partial charge in [0.2, 0.25) is 0 Å². The number of carbonyl (C=O) groups is 1. The van der Waals surface area contributed by atoms with Crippen molar-refractivity contribution in [2.24, 2.45) is 5.73 Å². The minimum atomic E-state index is -0.128. The Bertz CT molecular complexity index is 176. The summed E-state index contributed by atoms with van der Waals surface area (Å²) >= 11 is 0. The standard InChI is InChI=1S/C10H23N3O2/c1-4-5-6-12-10(14)13(2)7-9(11)8-15-3/h9H,4-8,11H2,1-3H3,(H,12,14). The fourth-order valence-corrected chi connectivity index (χ4v) is 1.21. The molecule has 2 amide bonds. The number of unbranched alkanes of at least 4 members (excludes halogenated alkanes) is 1. The fraction of sp³-hybridized carbons (Fsp3) is 0.900. The Morgan fingerprint density at radius 2 is 2.27 bits per heavy atom. The average Bonchev–Trinajstić information content (AvgIpc) is 2.18. The largest absolute Gasteiger partial charge is 0.383 e. The topological polar surface area (TPSA) is 67.6 Å². The Morgan fingerprint density at radius 1 is 1.60 bits per heavy atom. The lowest BCUT2D eigenvalue weighted by molar-refractivity contribution is 0.160. The molecule has 0 radical (unpaired) electrons. The summed E-state index contributed by atoms with van der Waals surface area (Å²) < 4.78 is 4.90. The van der Waals surface area contributed by atoms with Crippen molar-refractivity contribution in [3.8, 4) is 0 Å². The van der Waals surface area contributed by atoms with Crippen LogP contribution in [0, 0.1) is 0 Å². The Balaban J connectivity index is 3.68. The van der Waals surface area contributed by atoms with Gasteiger partial charge < -0.3 is 20.7 Å². The molecule has 0 aromatic rings. The van der Waals surface area contributed by atoms with Gasteiger partial charge in [-0.2, -0.15) is 0 Å². The molecule has 0 aliphatic carbocycles. The van der Waals surface area contributed by atoms with Gasteiger partial charge in [0.05, 0.1) is 6.61 Å². The maximum atomic E-state index is 11.5. The third-order valence-corrected chi connectivity index (χ3v) is 2.04. The summed E-state index contributed by atoms with van der Waals surface area (Å²) in [5.74, 6) is 0. The first-order valence-electron chi connectivity index (χ1n) is 5.35. The molecule has 1 unspecified atom stereocenters. The predicted molar refractivity (Wildman–Crippen MR) is 60.8 cm³/mol. The summed E-state index contributed by atoms with van der Waals surface area (Å²) in [6.07, 6.45) is 2.08. The zero-order valence-corrected chi connectivity index (χ0v) is 9.95. The van der Waals surface area contributed by atoms with Crippen LogP contribution in [-0.4, -0.2) is 50.8 Å². The summed E-state index contributed by atoms with van der Waals surface area (Å²) in [5, 5.41) is 2.82. The number of ether oxygens (including phenoxy) is 1. The zero-order valence-electron chi connectivity index (χ0n) is 9.95. The van der Waals surface area contributed by atoms with E-state index >= 15 is 0 Å². The average molecular weight is 217 g/mol. The molecule has 5 heteroatoms. The van der Waals surface area contributed by atoms with Gasteiger partial charge in [-0.25, -0.2) is 4.79 Å². The second-order valence-electron chi connectivity index (χ2n) is 3.68. The molecule has 0 rings (SSSR count). The number of urea groups is 1. The maximum Gasteiger partial charge on any atom is 0.317 e. The lowest BCUT2D eigenvalue weighted by Gasteiger charge is -2.21. The normalized spacial score (nSPS) is 12.3. The van der Waals surface area contributed by atoms with Crippen LogP contribution in [0.5, 0.6) is 0 Å². The molecule has 1 atom stereocenters.